The van der Waals surface area contributed by atoms with Crippen molar-refractivity contribution in [1.82, 2.24) is 15.0 Å². The van der Waals surface area contributed by atoms with E-state index in [0.717, 1.165) is 0 Å². The van der Waals surface area contributed by atoms with Gasteiger partial charge in [0, 0.05) is 11.0 Å². The number of anilines is 1. The zero-order chi connectivity index (χ0) is 22.2. The lowest BCUT2D eigenvalue weighted by Crippen LogP contribution is -2.27. The highest BCUT2D eigenvalue weighted by Gasteiger charge is 2.60. The third-order valence-corrected chi connectivity index (χ3v) is 5.61. The first-order valence-corrected chi connectivity index (χ1v) is 9.90. The van der Waals surface area contributed by atoms with E-state index < -0.39 is 17.3 Å². The van der Waals surface area contributed by atoms with Crippen molar-refractivity contribution in [2.45, 2.75) is 32.6 Å². The van der Waals surface area contributed by atoms with Gasteiger partial charge in [-0.3, -0.25) is 4.79 Å². The molecule has 0 spiro atoms. The molecule has 1 fully saturated rings. The highest BCUT2D eigenvalue weighted by Crippen LogP contribution is 2.55. The number of hydrogen-bond acceptors (Lipinski definition) is 5. The number of nitrogens with one attached hydrogen (secondary N) is 1. The molecule has 160 valence electrons. The van der Waals surface area contributed by atoms with Crippen molar-refractivity contribution in [2.24, 2.45) is 5.92 Å². The molecule has 4 rings (SSSR count). The van der Waals surface area contributed by atoms with Crippen LogP contribution in [0.4, 0.5) is 14.5 Å². The molecule has 0 saturated heterocycles. The Morgan fingerprint density at radius 2 is 2.00 bits per heavy atom. The second-order valence-electron chi connectivity index (χ2n) is 7.90. The molecule has 2 atom stereocenters. The molecule has 1 aliphatic rings. The van der Waals surface area contributed by atoms with Crippen LogP contribution in [0.15, 0.2) is 42.7 Å². The summed E-state index contributed by atoms with van der Waals surface area (Å²) >= 11 is 0. The van der Waals surface area contributed by atoms with Crippen molar-refractivity contribution in [3.63, 3.8) is 0 Å². The Kier molecular flexibility index (Phi) is 5.39. The van der Waals surface area contributed by atoms with Crippen LogP contribution in [0, 0.1) is 38.5 Å². The van der Waals surface area contributed by atoms with Crippen molar-refractivity contribution in [3.05, 3.63) is 77.1 Å². The number of pyridine rings is 1. The Morgan fingerprint density at radius 3 is 2.71 bits per heavy atom. The molecule has 8 heteroatoms. The summed E-state index contributed by atoms with van der Waals surface area (Å²) in [6.45, 7) is 5.35. The van der Waals surface area contributed by atoms with Gasteiger partial charge < -0.3 is 10.1 Å². The van der Waals surface area contributed by atoms with E-state index >= 15 is 0 Å². The van der Waals surface area contributed by atoms with Gasteiger partial charge in [0.05, 0.1) is 36.3 Å². The maximum atomic E-state index is 13.9. The summed E-state index contributed by atoms with van der Waals surface area (Å²) in [5.41, 5.74) is 1.44. The Morgan fingerprint density at radius 1 is 1.19 bits per heavy atom. The van der Waals surface area contributed by atoms with E-state index in [9.17, 15) is 13.6 Å². The topological polar surface area (TPSA) is 77.0 Å². The van der Waals surface area contributed by atoms with Crippen LogP contribution in [0.2, 0.25) is 0 Å². The monoisotopic (exact) mass is 424 g/mol. The Hall–Kier alpha value is -3.42. The third kappa shape index (κ3) is 4.23. The highest BCUT2D eigenvalue weighted by molar-refractivity contribution is 5.96. The molecule has 31 heavy (non-hydrogen) atoms. The predicted octanol–water partition coefficient (Wildman–Crippen LogP) is 4.05. The Balaban J connectivity index is 1.57. The standard InChI is InChI=1S/C23H22F2N4O2/c1-13-7-18(10-27-21(13)25)29-22(30)19-9-23(19,16-5-4-6-17(24)8-16)12-31-20-11-26-15(3)28-14(20)2/h4-8,10-11,19H,9,12H2,1-3H3,(H,29,30)/t19?,23-/m1/s1. The lowest BCUT2D eigenvalue weighted by atomic mass is 9.93. The van der Waals surface area contributed by atoms with Crippen LogP contribution >= 0.6 is 0 Å². The van der Waals surface area contributed by atoms with Gasteiger partial charge in [-0.15, -0.1) is 0 Å². The average Bonchev–Trinajstić information content (AvgIpc) is 3.46. The smallest absolute Gasteiger partial charge is 0.228 e. The SMILES string of the molecule is Cc1ncc(OC[C@@]2(c3cccc(F)c3)CC2C(=O)Nc2cnc(F)c(C)c2)c(C)n1. The van der Waals surface area contributed by atoms with Gasteiger partial charge in [-0.2, -0.15) is 4.39 Å². The van der Waals surface area contributed by atoms with Crippen molar-refractivity contribution in [2.75, 3.05) is 11.9 Å². The number of nitrogens with zero attached hydrogens (tertiary/aromatic N) is 3. The van der Waals surface area contributed by atoms with Gasteiger partial charge in [-0.1, -0.05) is 12.1 Å². The van der Waals surface area contributed by atoms with Gasteiger partial charge in [0.1, 0.15) is 11.6 Å². The van der Waals surface area contributed by atoms with Gasteiger partial charge in [0.25, 0.3) is 0 Å². The lowest BCUT2D eigenvalue weighted by molar-refractivity contribution is -0.117. The normalized spacial score (nSPS) is 19.7. The maximum Gasteiger partial charge on any atom is 0.228 e. The van der Waals surface area contributed by atoms with E-state index in [1.54, 1.807) is 32.2 Å². The van der Waals surface area contributed by atoms with Crippen LogP contribution in [-0.4, -0.2) is 27.5 Å². The molecule has 1 amide bonds. The van der Waals surface area contributed by atoms with Crippen LogP contribution in [0.5, 0.6) is 5.75 Å². The first-order chi connectivity index (χ1) is 14.8. The molecule has 2 heterocycles. The van der Waals surface area contributed by atoms with Crippen molar-refractivity contribution >= 4 is 11.6 Å². The van der Waals surface area contributed by atoms with Crippen LogP contribution in [0.1, 0.15) is 29.1 Å². The summed E-state index contributed by atoms with van der Waals surface area (Å²) in [6.07, 6.45) is 3.36. The van der Waals surface area contributed by atoms with E-state index in [2.05, 4.69) is 20.3 Å². The fourth-order valence-electron chi connectivity index (χ4n) is 3.79. The van der Waals surface area contributed by atoms with Gasteiger partial charge in [0.2, 0.25) is 11.9 Å². The number of carbonyl (C=O) groups excluding carboxylic acids is 1. The summed E-state index contributed by atoms with van der Waals surface area (Å²) in [5, 5.41) is 2.79. The summed E-state index contributed by atoms with van der Waals surface area (Å²) in [5.74, 6) is -0.495. The second-order valence-corrected chi connectivity index (χ2v) is 7.90. The minimum absolute atomic E-state index is 0.169. The molecular formula is C23H22F2N4O2. The third-order valence-electron chi connectivity index (χ3n) is 5.61. The number of aromatic nitrogens is 3. The largest absolute Gasteiger partial charge is 0.489 e. The molecule has 3 aromatic rings. The molecular weight excluding hydrogens is 402 g/mol. The van der Waals surface area contributed by atoms with E-state index in [1.807, 2.05) is 6.92 Å². The molecule has 1 aromatic carbocycles. The van der Waals surface area contributed by atoms with E-state index in [4.69, 9.17) is 4.74 Å². The van der Waals surface area contributed by atoms with Crippen molar-refractivity contribution in [3.8, 4) is 5.75 Å². The molecule has 1 N–H and O–H groups in total. The molecule has 0 bridgehead atoms. The molecule has 1 saturated carbocycles. The molecule has 0 radical (unpaired) electrons. The minimum Gasteiger partial charge on any atom is -0.489 e. The van der Waals surface area contributed by atoms with Crippen LogP contribution < -0.4 is 10.1 Å². The second kappa shape index (κ2) is 8.02. The number of aryl methyl sites for hydroxylation is 3. The van der Waals surface area contributed by atoms with Crippen LogP contribution in [0.3, 0.4) is 0 Å². The van der Waals surface area contributed by atoms with Gasteiger partial charge >= 0.3 is 0 Å². The maximum absolute atomic E-state index is 13.9. The van der Waals surface area contributed by atoms with E-state index in [1.165, 1.54) is 24.4 Å². The Bertz CT molecular complexity index is 1150. The Labute approximate surface area is 178 Å². The van der Waals surface area contributed by atoms with Crippen molar-refractivity contribution in [1.29, 1.82) is 0 Å². The van der Waals surface area contributed by atoms with Crippen LogP contribution in [-0.2, 0) is 10.2 Å². The number of ether oxygens (including phenoxy) is 1. The quantitative estimate of drug-likeness (QED) is 0.604. The number of amides is 1. The fraction of sp³-hybridized carbons (Fsp3) is 0.304. The minimum atomic E-state index is -0.688. The van der Waals surface area contributed by atoms with Crippen LogP contribution in [0.25, 0.3) is 0 Å². The molecule has 2 aromatic heterocycles. The summed E-state index contributed by atoms with van der Waals surface area (Å²) in [6, 6.07) is 7.73. The summed E-state index contributed by atoms with van der Waals surface area (Å²) < 4.78 is 33.4. The molecule has 0 aliphatic heterocycles. The van der Waals surface area contributed by atoms with Crippen molar-refractivity contribution < 1.29 is 18.3 Å². The molecule has 1 aliphatic carbocycles. The zero-order valence-electron chi connectivity index (χ0n) is 17.4. The van der Waals surface area contributed by atoms with Gasteiger partial charge in [-0.05, 0) is 51.0 Å². The van der Waals surface area contributed by atoms with E-state index in [-0.39, 0.29) is 18.3 Å². The number of rotatable bonds is 6. The van der Waals surface area contributed by atoms with Gasteiger partial charge in [-0.25, -0.2) is 19.3 Å². The number of carbonyl (C=O) groups is 1. The number of hydrogen-bond donors (Lipinski definition) is 1. The zero-order valence-corrected chi connectivity index (χ0v) is 17.4. The summed E-state index contributed by atoms with van der Waals surface area (Å²) in [7, 11) is 0. The number of halogens is 2. The van der Waals surface area contributed by atoms with E-state index in [0.29, 0.717) is 40.5 Å². The highest BCUT2D eigenvalue weighted by atomic mass is 19.1. The first-order valence-electron chi connectivity index (χ1n) is 9.90. The molecule has 6 nitrogen and oxygen atoms in total. The van der Waals surface area contributed by atoms with Gasteiger partial charge in [0.15, 0.2) is 5.75 Å². The first kappa shape index (κ1) is 20.8. The fourth-order valence-corrected chi connectivity index (χ4v) is 3.79. The molecule has 1 unspecified atom stereocenters. The predicted molar refractivity (Wildman–Crippen MR) is 111 cm³/mol. The number of benzene rings is 1. The summed E-state index contributed by atoms with van der Waals surface area (Å²) in [4.78, 5) is 25.1. The lowest BCUT2D eigenvalue weighted by Gasteiger charge is -2.20. The average molecular weight is 424 g/mol.